The van der Waals surface area contributed by atoms with Crippen LogP contribution in [0.15, 0.2) is 29.8 Å². The molecule has 6 heteroatoms. The van der Waals surface area contributed by atoms with Gasteiger partial charge in [0.05, 0.1) is 11.6 Å². The lowest BCUT2D eigenvalue weighted by Crippen LogP contribution is -2.30. The molecule has 0 saturated heterocycles. The lowest BCUT2D eigenvalue weighted by Gasteiger charge is -2.22. The highest BCUT2D eigenvalue weighted by Gasteiger charge is 2.32. The minimum absolute atomic E-state index is 0.316. The van der Waals surface area contributed by atoms with Crippen LogP contribution >= 0.6 is 0 Å². The van der Waals surface area contributed by atoms with Gasteiger partial charge in [0, 0.05) is 5.69 Å². The third-order valence-corrected chi connectivity index (χ3v) is 3.84. The number of allylic oxidation sites excluding steroid dienone is 1. The van der Waals surface area contributed by atoms with Crippen molar-refractivity contribution >= 4 is 5.69 Å². The second-order valence-electron chi connectivity index (χ2n) is 5.32. The highest BCUT2D eigenvalue weighted by atomic mass is 19.4. The van der Waals surface area contributed by atoms with E-state index in [0.29, 0.717) is 11.3 Å². The molecule has 1 aromatic rings. The van der Waals surface area contributed by atoms with Crippen molar-refractivity contribution in [3.8, 4) is 0 Å². The number of hydrogen-bond donors (Lipinski definition) is 3. The molecule has 1 aliphatic carbocycles. The van der Waals surface area contributed by atoms with Gasteiger partial charge in [0.15, 0.2) is 0 Å². The zero-order chi connectivity index (χ0) is 15.5. The SMILES string of the molecule is NNC(C1=CCCCCC1)c1cc(C(F)(F)F)ccc1N. The molecule has 1 unspecified atom stereocenters. The first-order valence-electron chi connectivity index (χ1n) is 7.05. The Kier molecular flexibility index (Phi) is 4.90. The van der Waals surface area contributed by atoms with Crippen molar-refractivity contribution in [1.82, 2.24) is 5.43 Å². The second-order valence-corrected chi connectivity index (χ2v) is 5.32. The summed E-state index contributed by atoms with van der Waals surface area (Å²) < 4.78 is 38.6. The number of rotatable bonds is 3. The maximum absolute atomic E-state index is 12.9. The van der Waals surface area contributed by atoms with Crippen LogP contribution in [0.5, 0.6) is 0 Å². The van der Waals surface area contributed by atoms with Gasteiger partial charge in [-0.1, -0.05) is 18.1 Å². The average Bonchev–Trinajstić information content (AvgIpc) is 2.69. The van der Waals surface area contributed by atoms with Gasteiger partial charge in [-0.25, -0.2) is 5.43 Å². The summed E-state index contributed by atoms with van der Waals surface area (Å²) in [6.07, 6.45) is 2.66. The molecular weight excluding hydrogens is 279 g/mol. The Morgan fingerprint density at radius 1 is 1.14 bits per heavy atom. The largest absolute Gasteiger partial charge is 0.416 e. The number of halogens is 3. The van der Waals surface area contributed by atoms with Gasteiger partial charge in [0.1, 0.15) is 0 Å². The molecular formula is C15H20F3N3. The quantitative estimate of drug-likeness (QED) is 0.345. The van der Waals surface area contributed by atoms with E-state index in [1.807, 2.05) is 0 Å². The number of nitrogen functional groups attached to an aromatic ring is 1. The van der Waals surface area contributed by atoms with Crippen molar-refractivity contribution < 1.29 is 13.2 Å². The van der Waals surface area contributed by atoms with Crippen LogP contribution in [0.4, 0.5) is 18.9 Å². The van der Waals surface area contributed by atoms with Gasteiger partial charge in [-0.3, -0.25) is 5.84 Å². The van der Waals surface area contributed by atoms with Crippen molar-refractivity contribution in [3.63, 3.8) is 0 Å². The molecule has 0 spiro atoms. The Morgan fingerprint density at radius 3 is 2.57 bits per heavy atom. The first kappa shape index (κ1) is 15.9. The molecule has 0 bridgehead atoms. The van der Waals surface area contributed by atoms with Crippen LogP contribution in [0.1, 0.15) is 49.3 Å². The molecule has 21 heavy (non-hydrogen) atoms. The van der Waals surface area contributed by atoms with Crippen LogP contribution in [0.25, 0.3) is 0 Å². The van der Waals surface area contributed by atoms with Crippen LogP contribution in [0.2, 0.25) is 0 Å². The number of nitrogens with two attached hydrogens (primary N) is 2. The minimum atomic E-state index is -4.39. The van der Waals surface area contributed by atoms with E-state index in [-0.39, 0.29) is 0 Å². The van der Waals surface area contributed by atoms with Gasteiger partial charge < -0.3 is 5.73 Å². The van der Waals surface area contributed by atoms with Crippen molar-refractivity contribution in [2.24, 2.45) is 5.84 Å². The number of alkyl halides is 3. The van der Waals surface area contributed by atoms with Crippen LogP contribution in [-0.2, 0) is 6.18 Å². The van der Waals surface area contributed by atoms with Gasteiger partial charge in [-0.05, 0) is 49.4 Å². The fourth-order valence-electron chi connectivity index (χ4n) is 2.70. The summed E-state index contributed by atoms with van der Waals surface area (Å²) in [4.78, 5) is 0. The summed E-state index contributed by atoms with van der Waals surface area (Å²) >= 11 is 0. The molecule has 2 rings (SSSR count). The highest BCUT2D eigenvalue weighted by Crippen LogP contribution is 2.36. The summed E-state index contributed by atoms with van der Waals surface area (Å²) in [5.41, 5.74) is 9.50. The molecule has 0 radical (unpaired) electrons. The lowest BCUT2D eigenvalue weighted by atomic mass is 9.93. The molecule has 116 valence electrons. The maximum atomic E-state index is 12.9. The first-order valence-corrected chi connectivity index (χ1v) is 7.05. The molecule has 0 aliphatic heterocycles. The average molecular weight is 299 g/mol. The zero-order valence-electron chi connectivity index (χ0n) is 11.7. The summed E-state index contributed by atoms with van der Waals surface area (Å²) in [7, 11) is 0. The van der Waals surface area contributed by atoms with Crippen LogP contribution in [-0.4, -0.2) is 0 Å². The van der Waals surface area contributed by atoms with E-state index in [1.165, 1.54) is 6.07 Å². The Labute approximate surface area is 122 Å². The Balaban J connectivity index is 2.39. The van der Waals surface area contributed by atoms with E-state index in [4.69, 9.17) is 11.6 Å². The lowest BCUT2D eigenvalue weighted by molar-refractivity contribution is -0.137. The molecule has 0 heterocycles. The highest BCUT2D eigenvalue weighted by molar-refractivity contribution is 5.53. The molecule has 0 saturated carbocycles. The predicted molar refractivity (Wildman–Crippen MR) is 77.1 cm³/mol. The van der Waals surface area contributed by atoms with Crippen molar-refractivity contribution in [1.29, 1.82) is 0 Å². The van der Waals surface area contributed by atoms with Gasteiger partial charge >= 0.3 is 6.18 Å². The molecule has 3 nitrogen and oxygen atoms in total. The number of hydrogen-bond acceptors (Lipinski definition) is 3. The number of hydrazine groups is 1. The van der Waals surface area contributed by atoms with Crippen molar-refractivity contribution in [2.45, 2.75) is 44.3 Å². The van der Waals surface area contributed by atoms with E-state index in [0.717, 1.165) is 49.8 Å². The fraction of sp³-hybridized carbons (Fsp3) is 0.467. The van der Waals surface area contributed by atoms with E-state index in [1.54, 1.807) is 0 Å². The summed E-state index contributed by atoms with van der Waals surface area (Å²) in [5, 5.41) is 0. The monoisotopic (exact) mass is 299 g/mol. The number of anilines is 1. The van der Waals surface area contributed by atoms with Gasteiger partial charge in [-0.2, -0.15) is 13.2 Å². The second kappa shape index (κ2) is 6.49. The molecule has 1 aromatic carbocycles. The normalized spacial score (nSPS) is 18.0. The summed E-state index contributed by atoms with van der Waals surface area (Å²) in [5.74, 6) is 5.59. The Hall–Kier alpha value is -1.53. The molecule has 0 amide bonds. The zero-order valence-corrected chi connectivity index (χ0v) is 11.7. The summed E-state index contributed by atoms with van der Waals surface area (Å²) in [6.45, 7) is 0. The molecule has 0 aromatic heterocycles. The smallest absolute Gasteiger partial charge is 0.398 e. The minimum Gasteiger partial charge on any atom is -0.398 e. The maximum Gasteiger partial charge on any atom is 0.416 e. The van der Waals surface area contributed by atoms with E-state index in [9.17, 15) is 13.2 Å². The van der Waals surface area contributed by atoms with E-state index in [2.05, 4.69) is 11.5 Å². The molecule has 1 atom stereocenters. The topological polar surface area (TPSA) is 64.1 Å². The standard InChI is InChI=1S/C15H20F3N3/c16-15(17,18)11-7-8-13(19)12(9-11)14(21-20)10-5-3-1-2-4-6-10/h5,7-9,14,21H,1-4,6,19-20H2. The van der Waals surface area contributed by atoms with Crippen molar-refractivity contribution in [3.05, 3.63) is 41.0 Å². The van der Waals surface area contributed by atoms with Crippen LogP contribution in [0.3, 0.4) is 0 Å². The molecule has 1 aliphatic rings. The Bertz CT molecular complexity index is 523. The van der Waals surface area contributed by atoms with E-state index < -0.39 is 17.8 Å². The number of benzene rings is 1. The third-order valence-electron chi connectivity index (χ3n) is 3.84. The molecule has 5 N–H and O–H groups in total. The van der Waals surface area contributed by atoms with Crippen LogP contribution in [0, 0.1) is 0 Å². The predicted octanol–water partition coefficient (Wildman–Crippen LogP) is 3.68. The number of nitrogens with one attached hydrogen (secondary N) is 1. The fourth-order valence-corrected chi connectivity index (χ4v) is 2.70. The third kappa shape index (κ3) is 3.77. The van der Waals surface area contributed by atoms with Gasteiger partial charge in [0.2, 0.25) is 0 Å². The van der Waals surface area contributed by atoms with Gasteiger partial charge in [0.25, 0.3) is 0 Å². The Morgan fingerprint density at radius 2 is 1.90 bits per heavy atom. The van der Waals surface area contributed by atoms with Crippen molar-refractivity contribution in [2.75, 3.05) is 5.73 Å². The van der Waals surface area contributed by atoms with E-state index >= 15 is 0 Å². The van der Waals surface area contributed by atoms with Crippen LogP contribution < -0.4 is 17.0 Å². The first-order chi connectivity index (χ1) is 9.93. The summed E-state index contributed by atoms with van der Waals surface area (Å²) in [6, 6.07) is 2.91. The molecule has 0 fully saturated rings. The van der Waals surface area contributed by atoms with Gasteiger partial charge in [-0.15, -0.1) is 0 Å².